The van der Waals surface area contributed by atoms with Gasteiger partial charge in [0.2, 0.25) is 5.91 Å². The summed E-state index contributed by atoms with van der Waals surface area (Å²) >= 11 is 1.21. The van der Waals surface area contributed by atoms with Crippen LogP contribution in [-0.4, -0.2) is 41.8 Å². The zero-order chi connectivity index (χ0) is 14.0. The van der Waals surface area contributed by atoms with Crippen molar-refractivity contribution in [2.75, 3.05) is 25.9 Å². The van der Waals surface area contributed by atoms with E-state index < -0.39 is 0 Å². The summed E-state index contributed by atoms with van der Waals surface area (Å²) in [6.07, 6.45) is 1.67. The Morgan fingerprint density at radius 3 is 2.84 bits per heavy atom. The van der Waals surface area contributed by atoms with E-state index in [4.69, 9.17) is 5.73 Å². The third-order valence-electron chi connectivity index (χ3n) is 3.33. The molecule has 0 bridgehead atoms. The minimum Gasteiger partial charge on any atom is -0.375 e. The summed E-state index contributed by atoms with van der Waals surface area (Å²) in [7, 11) is 1.62. The van der Waals surface area contributed by atoms with Gasteiger partial charge in [-0.3, -0.25) is 9.59 Å². The van der Waals surface area contributed by atoms with Crippen LogP contribution in [0.15, 0.2) is 0 Å². The van der Waals surface area contributed by atoms with Crippen LogP contribution in [0.2, 0.25) is 0 Å². The fraction of sp³-hybridized carbons (Fsp3) is 0.583. The number of aromatic nitrogens is 1. The van der Waals surface area contributed by atoms with Gasteiger partial charge in [0.25, 0.3) is 5.91 Å². The number of aryl methyl sites for hydroxylation is 1. The van der Waals surface area contributed by atoms with Crippen molar-refractivity contribution in [2.45, 2.75) is 19.8 Å². The Balaban J connectivity index is 2.11. The number of likely N-dealkylation sites (tertiary alicyclic amines) is 1. The summed E-state index contributed by atoms with van der Waals surface area (Å²) in [5, 5.41) is 3.05. The van der Waals surface area contributed by atoms with Gasteiger partial charge >= 0.3 is 0 Å². The number of nitrogens with one attached hydrogen (secondary N) is 1. The molecule has 1 fully saturated rings. The van der Waals surface area contributed by atoms with Gasteiger partial charge in [-0.1, -0.05) is 11.3 Å². The summed E-state index contributed by atoms with van der Waals surface area (Å²) in [4.78, 5) is 30.4. The number of thiazole rings is 1. The Morgan fingerprint density at radius 1 is 1.53 bits per heavy atom. The van der Waals surface area contributed by atoms with Gasteiger partial charge < -0.3 is 16.0 Å². The van der Waals surface area contributed by atoms with Crippen LogP contribution >= 0.6 is 11.3 Å². The fourth-order valence-electron chi connectivity index (χ4n) is 2.34. The molecule has 1 unspecified atom stereocenters. The summed E-state index contributed by atoms with van der Waals surface area (Å²) in [6.45, 7) is 2.93. The molecule has 104 valence electrons. The lowest BCUT2D eigenvalue weighted by Crippen LogP contribution is -2.44. The summed E-state index contributed by atoms with van der Waals surface area (Å²) < 4.78 is 0. The Bertz CT molecular complexity index is 500. The van der Waals surface area contributed by atoms with E-state index in [1.807, 2.05) is 0 Å². The number of carbonyl (C=O) groups excluding carboxylic acids is 2. The van der Waals surface area contributed by atoms with Crippen LogP contribution in [0.4, 0.5) is 5.13 Å². The van der Waals surface area contributed by atoms with Gasteiger partial charge in [0.1, 0.15) is 4.88 Å². The largest absolute Gasteiger partial charge is 0.375 e. The highest BCUT2D eigenvalue weighted by Gasteiger charge is 2.29. The number of piperidine rings is 1. The summed E-state index contributed by atoms with van der Waals surface area (Å²) in [6, 6.07) is 0. The third-order valence-corrected chi connectivity index (χ3v) is 4.31. The van der Waals surface area contributed by atoms with E-state index in [1.54, 1.807) is 18.9 Å². The highest BCUT2D eigenvalue weighted by atomic mass is 32.1. The number of nitrogen functional groups attached to an aromatic ring is 1. The highest BCUT2D eigenvalue weighted by molar-refractivity contribution is 7.17. The lowest BCUT2D eigenvalue weighted by molar-refractivity contribution is -0.125. The molecule has 2 amide bonds. The number of carbonyl (C=O) groups is 2. The molecule has 3 N–H and O–H groups in total. The number of hydrogen-bond donors (Lipinski definition) is 2. The number of anilines is 1. The van der Waals surface area contributed by atoms with Gasteiger partial charge in [0.15, 0.2) is 5.13 Å². The van der Waals surface area contributed by atoms with Crippen molar-refractivity contribution in [3.8, 4) is 0 Å². The Morgan fingerprint density at radius 2 is 2.26 bits per heavy atom. The van der Waals surface area contributed by atoms with E-state index in [0.29, 0.717) is 28.8 Å². The van der Waals surface area contributed by atoms with Crippen LogP contribution in [0.3, 0.4) is 0 Å². The van der Waals surface area contributed by atoms with Crippen LogP contribution in [0.1, 0.15) is 28.2 Å². The van der Waals surface area contributed by atoms with Crippen LogP contribution in [-0.2, 0) is 4.79 Å². The summed E-state index contributed by atoms with van der Waals surface area (Å²) in [5.41, 5.74) is 6.28. The van der Waals surface area contributed by atoms with Crippen LogP contribution in [0.5, 0.6) is 0 Å². The standard InChI is InChI=1S/C12H18N4O2S/c1-7-9(19-12(13)15-7)11(18)16-5-3-4-8(6-16)10(17)14-2/h8H,3-6H2,1-2H3,(H2,13,15)(H,14,17). The van der Waals surface area contributed by atoms with Crippen molar-refractivity contribution in [3.63, 3.8) is 0 Å². The van der Waals surface area contributed by atoms with Crippen molar-refractivity contribution in [3.05, 3.63) is 10.6 Å². The molecule has 7 heteroatoms. The van der Waals surface area contributed by atoms with Crippen molar-refractivity contribution in [1.29, 1.82) is 0 Å². The first kappa shape index (κ1) is 13.8. The lowest BCUT2D eigenvalue weighted by Gasteiger charge is -2.31. The molecule has 19 heavy (non-hydrogen) atoms. The predicted molar refractivity (Wildman–Crippen MR) is 74.0 cm³/mol. The normalized spacial score (nSPS) is 19.3. The van der Waals surface area contributed by atoms with Crippen molar-refractivity contribution in [1.82, 2.24) is 15.2 Å². The monoisotopic (exact) mass is 282 g/mol. The maximum atomic E-state index is 12.4. The molecular formula is C12H18N4O2S. The van der Waals surface area contributed by atoms with Gasteiger partial charge in [-0.25, -0.2) is 4.98 Å². The molecule has 1 aliphatic rings. The first-order chi connectivity index (χ1) is 9.02. The fourth-order valence-corrected chi connectivity index (χ4v) is 3.14. The average Bonchev–Trinajstić information content (AvgIpc) is 2.76. The SMILES string of the molecule is CNC(=O)C1CCCN(C(=O)c2sc(N)nc2C)C1. The maximum Gasteiger partial charge on any atom is 0.265 e. The Kier molecular flexibility index (Phi) is 4.04. The molecule has 1 aromatic rings. The van der Waals surface area contributed by atoms with Gasteiger partial charge in [-0.15, -0.1) is 0 Å². The quantitative estimate of drug-likeness (QED) is 0.833. The number of nitrogens with zero attached hydrogens (tertiary/aromatic N) is 2. The second-order valence-electron chi connectivity index (χ2n) is 4.67. The molecule has 0 radical (unpaired) electrons. The summed E-state index contributed by atoms with van der Waals surface area (Å²) in [5.74, 6) is -0.188. The third kappa shape index (κ3) is 2.86. The Hall–Kier alpha value is -1.63. The minimum atomic E-state index is -0.117. The lowest BCUT2D eigenvalue weighted by atomic mass is 9.97. The van der Waals surface area contributed by atoms with Gasteiger partial charge in [-0.2, -0.15) is 0 Å². The van der Waals surface area contributed by atoms with Crippen LogP contribution < -0.4 is 11.1 Å². The number of nitrogens with two attached hydrogens (primary N) is 1. The zero-order valence-corrected chi connectivity index (χ0v) is 11.9. The molecule has 1 aliphatic heterocycles. The molecule has 6 nitrogen and oxygen atoms in total. The Labute approximate surface area is 116 Å². The van der Waals surface area contributed by atoms with Crippen molar-refractivity contribution in [2.24, 2.45) is 5.92 Å². The molecular weight excluding hydrogens is 264 g/mol. The molecule has 1 aromatic heterocycles. The molecule has 2 rings (SSSR count). The molecule has 0 aromatic carbocycles. The second kappa shape index (κ2) is 5.56. The van der Waals surface area contributed by atoms with Gasteiger partial charge in [-0.05, 0) is 19.8 Å². The van der Waals surface area contributed by atoms with Gasteiger partial charge in [0, 0.05) is 20.1 Å². The molecule has 2 heterocycles. The molecule has 0 spiro atoms. The van der Waals surface area contributed by atoms with Crippen LogP contribution in [0, 0.1) is 12.8 Å². The molecule has 1 saturated heterocycles. The second-order valence-corrected chi connectivity index (χ2v) is 5.70. The van der Waals surface area contributed by atoms with E-state index in [2.05, 4.69) is 10.3 Å². The zero-order valence-electron chi connectivity index (χ0n) is 11.1. The first-order valence-electron chi connectivity index (χ1n) is 6.26. The van der Waals surface area contributed by atoms with Crippen LogP contribution in [0.25, 0.3) is 0 Å². The molecule has 1 atom stereocenters. The van der Waals surface area contributed by atoms with E-state index in [9.17, 15) is 9.59 Å². The topological polar surface area (TPSA) is 88.3 Å². The van der Waals surface area contributed by atoms with Crippen molar-refractivity contribution < 1.29 is 9.59 Å². The minimum absolute atomic E-state index is 0.00181. The van der Waals surface area contributed by atoms with Gasteiger partial charge in [0.05, 0.1) is 11.6 Å². The first-order valence-corrected chi connectivity index (χ1v) is 7.08. The van der Waals surface area contributed by atoms with E-state index in [0.717, 1.165) is 12.8 Å². The molecule has 0 aliphatic carbocycles. The predicted octanol–water partition coefficient (Wildman–Crippen LogP) is 0.632. The highest BCUT2D eigenvalue weighted by Crippen LogP contribution is 2.24. The smallest absolute Gasteiger partial charge is 0.265 e. The van der Waals surface area contributed by atoms with Crippen molar-refractivity contribution >= 4 is 28.3 Å². The number of amides is 2. The number of hydrogen-bond acceptors (Lipinski definition) is 5. The average molecular weight is 282 g/mol. The maximum absolute atomic E-state index is 12.4. The van der Waals surface area contributed by atoms with E-state index in [-0.39, 0.29) is 17.7 Å². The molecule has 0 saturated carbocycles. The number of rotatable bonds is 2. The van der Waals surface area contributed by atoms with E-state index >= 15 is 0 Å². The van der Waals surface area contributed by atoms with E-state index in [1.165, 1.54) is 11.3 Å².